The average molecular weight is 511 g/mol. The maximum absolute atomic E-state index is 13.6. The van der Waals surface area contributed by atoms with Gasteiger partial charge in [0.25, 0.3) is 5.56 Å². The van der Waals surface area contributed by atoms with Gasteiger partial charge in [-0.2, -0.15) is 0 Å². The minimum absolute atomic E-state index is 0.0391. The Kier molecular flexibility index (Phi) is 7.44. The van der Waals surface area contributed by atoms with Crippen LogP contribution in [0.1, 0.15) is 31.0 Å². The van der Waals surface area contributed by atoms with Crippen LogP contribution in [0.25, 0.3) is 6.08 Å². The molecule has 3 aromatic rings. The van der Waals surface area contributed by atoms with E-state index in [-0.39, 0.29) is 16.9 Å². The van der Waals surface area contributed by atoms with Gasteiger partial charge in [0.2, 0.25) is 0 Å². The zero-order chi connectivity index (χ0) is 25.8. The first-order valence-electron chi connectivity index (χ1n) is 11.3. The summed E-state index contributed by atoms with van der Waals surface area (Å²) in [7, 11) is 2.74. The van der Waals surface area contributed by atoms with Crippen LogP contribution < -0.4 is 29.1 Å². The summed E-state index contributed by atoms with van der Waals surface area (Å²) in [5.74, 6) is 0.775. The molecule has 2 aromatic carbocycles. The molecular weight excluding hydrogens is 484 g/mol. The van der Waals surface area contributed by atoms with Crippen molar-refractivity contribution in [2.24, 2.45) is 4.99 Å². The van der Waals surface area contributed by atoms with Gasteiger partial charge >= 0.3 is 5.97 Å². The van der Waals surface area contributed by atoms with Crippen LogP contribution in [-0.4, -0.2) is 43.1 Å². The molecule has 2 heterocycles. The number of rotatable bonds is 8. The molecule has 36 heavy (non-hydrogen) atoms. The molecule has 0 saturated heterocycles. The number of hydrogen-bond acceptors (Lipinski definition) is 9. The Morgan fingerprint density at radius 3 is 2.47 bits per heavy atom. The minimum Gasteiger partial charge on any atom is -0.504 e. The predicted molar refractivity (Wildman–Crippen MR) is 135 cm³/mol. The van der Waals surface area contributed by atoms with Gasteiger partial charge in [-0.3, -0.25) is 9.36 Å². The van der Waals surface area contributed by atoms with Crippen molar-refractivity contribution in [2.75, 3.05) is 27.4 Å². The molecule has 0 radical (unpaired) electrons. The fourth-order valence-corrected chi connectivity index (χ4v) is 4.90. The van der Waals surface area contributed by atoms with Crippen molar-refractivity contribution in [3.8, 4) is 23.0 Å². The van der Waals surface area contributed by atoms with E-state index >= 15 is 0 Å². The molecule has 1 N–H and O–H groups in total. The third-order valence-electron chi connectivity index (χ3n) is 5.51. The van der Waals surface area contributed by atoms with Gasteiger partial charge in [0, 0.05) is 6.20 Å². The molecule has 0 aliphatic carbocycles. The number of thiazole rings is 1. The lowest BCUT2D eigenvalue weighted by molar-refractivity contribution is -0.136. The van der Waals surface area contributed by atoms with Crippen molar-refractivity contribution in [1.29, 1.82) is 0 Å². The number of phenolic OH excluding ortho intramolecular Hbond substituents is 1. The van der Waals surface area contributed by atoms with Gasteiger partial charge in [-0.05, 0) is 55.3 Å². The highest BCUT2D eigenvalue weighted by Crippen LogP contribution is 2.35. The highest BCUT2D eigenvalue weighted by molar-refractivity contribution is 7.07. The number of esters is 1. The molecule has 188 valence electrons. The lowest BCUT2D eigenvalue weighted by Crippen LogP contribution is -2.39. The largest absolute Gasteiger partial charge is 0.504 e. The highest BCUT2D eigenvalue weighted by atomic mass is 32.1. The maximum atomic E-state index is 13.6. The molecule has 0 amide bonds. The summed E-state index contributed by atoms with van der Waals surface area (Å²) >= 11 is 1.18. The van der Waals surface area contributed by atoms with Crippen LogP contribution in [0.5, 0.6) is 23.0 Å². The van der Waals surface area contributed by atoms with E-state index in [1.54, 1.807) is 36.4 Å². The summed E-state index contributed by atoms with van der Waals surface area (Å²) in [5.41, 5.74) is 1.13. The van der Waals surface area contributed by atoms with Crippen LogP contribution in [0.3, 0.4) is 0 Å². The predicted octanol–water partition coefficient (Wildman–Crippen LogP) is 2.53. The number of aromatic nitrogens is 1. The second-order valence-corrected chi connectivity index (χ2v) is 8.69. The standard InChI is InChI=1S/C26H26N2O7S/c1-5-34-20-10-8-16(13-21(20)35-6-2)23-17(25(31)33-4)14-27-26-28(23)24(30)22(36-26)12-15-7-9-19(32-3)18(29)11-15/h7-14,23,29H,5-6H2,1-4H3/b22-12+/t23-/m1/s1. The van der Waals surface area contributed by atoms with Crippen molar-refractivity contribution in [3.63, 3.8) is 0 Å². The van der Waals surface area contributed by atoms with Crippen molar-refractivity contribution in [3.05, 3.63) is 79.0 Å². The zero-order valence-electron chi connectivity index (χ0n) is 20.3. The summed E-state index contributed by atoms with van der Waals surface area (Å²) in [6, 6.07) is 9.39. The number of ether oxygens (including phenoxy) is 4. The van der Waals surface area contributed by atoms with Crippen molar-refractivity contribution in [1.82, 2.24) is 4.57 Å². The minimum atomic E-state index is -0.782. The SMILES string of the molecule is CCOc1ccc([C@@H]2C(C(=O)OC)=CN=c3s/c(=C/c4ccc(OC)c(O)c4)c(=O)n32)cc1OCC. The lowest BCUT2D eigenvalue weighted by atomic mass is 9.97. The molecule has 4 rings (SSSR count). The summed E-state index contributed by atoms with van der Waals surface area (Å²) < 4.78 is 23.4. The van der Waals surface area contributed by atoms with Crippen LogP contribution in [-0.2, 0) is 9.53 Å². The number of nitrogens with zero attached hydrogens (tertiary/aromatic N) is 2. The molecule has 0 fully saturated rings. The molecule has 1 aliphatic heterocycles. The molecule has 10 heteroatoms. The molecule has 9 nitrogen and oxygen atoms in total. The quantitative estimate of drug-likeness (QED) is 0.464. The van der Waals surface area contributed by atoms with Crippen molar-refractivity contribution >= 4 is 23.4 Å². The van der Waals surface area contributed by atoms with E-state index in [1.807, 2.05) is 13.8 Å². The summed E-state index contributed by atoms with van der Waals surface area (Å²) in [4.78, 5) is 31.1. The number of hydrogen-bond donors (Lipinski definition) is 1. The first-order valence-corrected chi connectivity index (χ1v) is 12.1. The monoisotopic (exact) mass is 510 g/mol. The average Bonchev–Trinajstić information content (AvgIpc) is 3.19. The normalized spacial score (nSPS) is 14.9. The molecule has 1 atom stereocenters. The van der Waals surface area contributed by atoms with E-state index in [4.69, 9.17) is 18.9 Å². The van der Waals surface area contributed by atoms with E-state index < -0.39 is 12.0 Å². The van der Waals surface area contributed by atoms with Crippen molar-refractivity contribution in [2.45, 2.75) is 19.9 Å². The van der Waals surface area contributed by atoms with Gasteiger partial charge in [-0.25, -0.2) is 9.79 Å². The first-order chi connectivity index (χ1) is 17.4. The Labute approximate surface area is 211 Å². The topological polar surface area (TPSA) is 109 Å². The van der Waals surface area contributed by atoms with Gasteiger partial charge in [0.05, 0.1) is 43.6 Å². The third kappa shape index (κ3) is 4.72. The Bertz CT molecular complexity index is 1500. The van der Waals surface area contributed by atoms with Crippen LogP contribution in [0.15, 0.2) is 58.0 Å². The number of carbonyl (C=O) groups excluding carboxylic acids is 1. The number of carbonyl (C=O) groups is 1. The van der Waals surface area contributed by atoms with E-state index in [0.29, 0.717) is 50.9 Å². The van der Waals surface area contributed by atoms with Crippen LogP contribution in [0.2, 0.25) is 0 Å². The van der Waals surface area contributed by atoms with E-state index in [2.05, 4.69) is 4.99 Å². The van der Waals surface area contributed by atoms with E-state index in [1.165, 1.54) is 42.4 Å². The fraction of sp³-hybridized carbons (Fsp3) is 0.269. The molecule has 0 saturated carbocycles. The van der Waals surface area contributed by atoms with Gasteiger partial charge < -0.3 is 24.1 Å². The fourth-order valence-electron chi connectivity index (χ4n) is 3.94. The second kappa shape index (κ2) is 10.7. The van der Waals surface area contributed by atoms with E-state index in [9.17, 15) is 14.7 Å². The molecule has 0 unspecified atom stereocenters. The zero-order valence-corrected chi connectivity index (χ0v) is 21.1. The van der Waals surface area contributed by atoms with Gasteiger partial charge in [-0.15, -0.1) is 0 Å². The Morgan fingerprint density at radius 2 is 1.81 bits per heavy atom. The molecule has 1 aliphatic rings. The Balaban J connectivity index is 1.89. The Morgan fingerprint density at radius 1 is 1.08 bits per heavy atom. The number of fused-ring (bicyclic) bond motifs is 1. The summed E-state index contributed by atoms with van der Waals surface area (Å²) in [6.45, 7) is 4.62. The van der Waals surface area contributed by atoms with Gasteiger partial charge in [0.1, 0.15) is 0 Å². The molecule has 1 aromatic heterocycles. The second-order valence-electron chi connectivity index (χ2n) is 7.68. The lowest BCUT2D eigenvalue weighted by Gasteiger charge is -2.23. The molecule has 0 spiro atoms. The van der Waals surface area contributed by atoms with Crippen LogP contribution in [0.4, 0.5) is 0 Å². The maximum Gasteiger partial charge on any atom is 0.337 e. The van der Waals surface area contributed by atoms with Gasteiger partial charge in [-0.1, -0.05) is 23.5 Å². The number of phenols is 1. The summed E-state index contributed by atoms with van der Waals surface area (Å²) in [6.07, 6.45) is 3.09. The number of methoxy groups -OCH3 is 2. The number of benzene rings is 2. The van der Waals surface area contributed by atoms with Crippen molar-refractivity contribution < 1.29 is 28.8 Å². The Hall–Kier alpha value is -4.05. The first kappa shape index (κ1) is 25.1. The smallest absolute Gasteiger partial charge is 0.337 e. The summed E-state index contributed by atoms with van der Waals surface area (Å²) in [5, 5.41) is 10.1. The third-order valence-corrected chi connectivity index (χ3v) is 6.51. The number of aromatic hydroxyl groups is 1. The van der Waals surface area contributed by atoms with Crippen LogP contribution >= 0.6 is 11.3 Å². The highest BCUT2D eigenvalue weighted by Gasteiger charge is 2.31. The van der Waals surface area contributed by atoms with Gasteiger partial charge in [0.15, 0.2) is 27.8 Å². The molecular formula is C26H26N2O7S. The van der Waals surface area contributed by atoms with Crippen LogP contribution in [0, 0.1) is 0 Å². The van der Waals surface area contributed by atoms with E-state index in [0.717, 1.165) is 0 Å². The molecule has 0 bridgehead atoms.